The molecule has 0 fully saturated rings. The summed E-state index contributed by atoms with van der Waals surface area (Å²) in [4.78, 5) is 0.307. The van der Waals surface area contributed by atoms with Crippen molar-refractivity contribution >= 4 is 15.9 Å². The van der Waals surface area contributed by atoms with Crippen LogP contribution in [0.4, 0.5) is 4.39 Å². The first-order valence-corrected chi connectivity index (χ1v) is 5.75. The summed E-state index contributed by atoms with van der Waals surface area (Å²) in [6.07, 6.45) is 0. The van der Waals surface area contributed by atoms with Crippen molar-refractivity contribution in [2.75, 3.05) is 0 Å². The van der Waals surface area contributed by atoms with Crippen LogP contribution in [0.5, 0.6) is 0 Å². The fourth-order valence-corrected chi connectivity index (χ4v) is 1.95. The zero-order valence-electron chi connectivity index (χ0n) is 9.07. The zero-order valence-corrected chi connectivity index (χ0v) is 10.7. The molecule has 2 heteroatoms. The molecule has 0 N–H and O–H groups in total. The van der Waals surface area contributed by atoms with Crippen molar-refractivity contribution in [1.29, 1.82) is 0 Å². The Morgan fingerprint density at radius 2 is 1.71 bits per heavy atom. The molecule has 0 spiro atoms. The van der Waals surface area contributed by atoms with Crippen molar-refractivity contribution in [2.24, 2.45) is 5.92 Å². The van der Waals surface area contributed by atoms with Crippen molar-refractivity contribution < 1.29 is 4.39 Å². The van der Waals surface area contributed by atoms with Gasteiger partial charge in [0.05, 0.1) is 0 Å². The average Bonchev–Trinajstić information content (AvgIpc) is 2.10. The first-order valence-electron chi connectivity index (χ1n) is 4.84. The van der Waals surface area contributed by atoms with Crippen LogP contribution >= 0.6 is 15.9 Å². The summed E-state index contributed by atoms with van der Waals surface area (Å²) in [6, 6.07) is 3.55. The molecule has 14 heavy (non-hydrogen) atoms. The van der Waals surface area contributed by atoms with Gasteiger partial charge < -0.3 is 0 Å². The molecule has 0 bridgehead atoms. The Kier molecular flexibility index (Phi) is 3.71. The van der Waals surface area contributed by atoms with Crippen LogP contribution in [-0.2, 0) is 0 Å². The lowest BCUT2D eigenvalue weighted by Crippen LogP contribution is -2.02. The minimum atomic E-state index is -0.116. The van der Waals surface area contributed by atoms with Gasteiger partial charge in [0.1, 0.15) is 5.82 Å². The first-order chi connectivity index (χ1) is 6.43. The summed E-state index contributed by atoms with van der Waals surface area (Å²) in [5.74, 6) is 0.397. The van der Waals surface area contributed by atoms with Gasteiger partial charge in [0.2, 0.25) is 0 Å². The van der Waals surface area contributed by atoms with Gasteiger partial charge in [0, 0.05) is 4.83 Å². The summed E-state index contributed by atoms with van der Waals surface area (Å²) in [5.41, 5.74) is 2.93. The highest BCUT2D eigenvalue weighted by molar-refractivity contribution is 9.09. The van der Waals surface area contributed by atoms with Gasteiger partial charge in [-0.1, -0.05) is 35.8 Å². The van der Waals surface area contributed by atoms with Crippen molar-refractivity contribution in [1.82, 2.24) is 0 Å². The molecule has 0 saturated heterocycles. The number of aryl methyl sites for hydroxylation is 2. The molecule has 0 radical (unpaired) electrons. The molecule has 78 valence electrons. The normalized spacial score (nSPS) is 13.4. The smallest absolute Gasteiger partial charge is 0.126 e. The SMILES string of the molecule is Cc1cc(C(Br)C(C)C)c(C)cc1F. The van der Waals surface area contributed by atoms with E-state index in [1.54, 1.807) is 13.0 Å². The molecule has 0 saturated carbocycles. The van der Waals surface area contributed by atoms with E-state index in [0.717, 1.165) is 11.1 Å². The Balaban J connectivity index is 3.15. The molecule has 0 aliphatic rings. The third-order valence-electron chi connectivity index (χ3n) is 2.43. The van der Waals surface area contributed by atoms with Crippen LogP contribution in [0, 0.1) is 25.6 Å². The Labute approximate surface area is 93.7 Å². The van der Waals surface area contributed by atoms with Gasteiger partial charge in [-0.3, -0.25) is 0 Å². The Morgan fingerprint density at radius 1 is 1.14 bits per heavy atom. The molecule has 1 aromatic rings. The second-order valence-electron chi connectivity index (χ2n) is 4.10. The molecule has 1 atom stereocenters. The maximum atomic E-state index is 13.2. The van der Waals surface area contributed by atoms with E-state index in [9.17, 15) is 4.39 Å². The number of hydrogen-bond donors (Lipinski definition) is 0. The highest BCUT2D eigenvalue weighted by atomic mass is 79.9. The molecular weight excluding hydrogens is 243 g/mol. The number of halogens is 2. The van der Waals surface area contributed by atoms with E-state index in [2.05, 4.69) is 29.8 Å². The van der Waals surface area contributed by atoms with Crippen LogP contribution in [0.1, 0.15) is 35.4 Å². The molecular formula is C12H16BrF. The summed E-state index contributed by atoms with van der Waals surface area (Å²) >= 11 is 3.64. The number of alkyl halides is 1. The van der Waals surface area contributed by atoms with Crippen LogP contribution in [0.3, 0.4) is 0 Å². The molecule has 1 unspecified atom stereocenters. The molecule has 1 rings (SSSR count). The lowest BCUT2D eigenvalue weighted by atomic mass is 9.96. The number of hydrogen-bond acceptors (Lipinski definition) is 0. The van der Waals surface area contributed by atoms with Gasteiger partial charge in [-0.05, 0) is 42.5 Å². The largest absolute Gasteiger partial charge is 0.207 e. The van der Waals surface area contributed by atoms with E-state index in [-0.39, 0.29) is 5.82 Å². The second kappa shape index (κ2) is 4.43. The van der Waals surface area contributed by atoms with Crippen molar-refractivity contribution in [2.45, 2.75) is 32.5 Å². The predicted octanol–water partition coefficient (Wildman–Crippen LogP) is 4.53. The van der Waals surface area contributed by atoms with Crippen LogP contribution in [0.15, 0.2) is 12.1 Å². The van der Waals surface area contributed by atoms with Crippen LogP contribution < -0.4 is 0 Å². The van der Waals surface area contributed by atoms with Crippen molar-refractivity contribution in [3.05, 3.63) is 34.6 Å². The Morgan fingerprint density at radius 3 is 2.21 bits per heavy atom. The highest BCUT2D eigenvalue weighted by Crippen LogP contribution is 2.33. The Bertz CT molecular complexity index is 331. The van der Waals surface area contributed by atoms with E-state index < -0.39 is 0 Å². The van der Waals surface area contributed by atoms with Crippen LogP contribution in [-0.4, -0.2) is 0 Å². The molecule has 0 aliphatic carbocycles. The van der Waals surface area contributed by atoms with Gasteiger partial charge in [-0.15, -0.1) is 0 Å². The predicted molar refractivity (Wildman–Crippen MR) is 62.4 cm³/mol. The average molecular weight is 259 g/mol. The fourth-order valence-electron chi connectivity index (χ4n) is 1.46. The maximum Gasteiger partial charge on any atom is 0.126 e. The summed E-state index contributed by atoms with van der Waals surface area (Å²) in [7, 11) is 0. The quantitative estimate of drug-likeness (QED) is 0.684. The lowest BCUT2D eigenvalue weighted by molar-refractivity contribution is 0.608. The summed E-state index contributed by atoms with van der Waals surface area (Å²) in [6.45, 7) is 8.06. The third-order valence-corrected chi connectivity index (χ3v) is 3.98. The second-order valence-corrected chi connectivity index (χ2v) is 5.09. The maximum absolute atomic E-state index is 13.2. The third kappa shape index (κ3) is 2.35. The topological polar surface area (TPSA) is 0 Å². The fraction of sp³-hybridized carbons (Fsp3) is 0.500. The van der Waals surface area contributed by atoms with E-state index in [4.69, 9.17) is 0 Å². The summed E-state index contributed by atoms with van der Waals surface area (Å²) in [5, 5.41) is 0. The van der Waals surface area contributed by atoms with E-state index in [1.807, 2.05) is 13.0 Å². The molecule has 0 aromatic heterocycles. The van der Waals surface area contributed by atoms with Gasteiger partial charge >= 0.3 is 0 Å². The molecule has 0 amide bonds. The van der Waals surface area contributed by atoms with Gasteiger partial charge in [-0.25, -0.2) is 4.39 Å². The minimum absolute atomic E-state index is 0.116. The molecule has 0 aliphatic heterocycles. The van der Waals surface area contributed by atoms with Crippen molar-refractivity contribution in [3.8, 4) is 0 Å². The van der Waals surface area contributed by atoms with E-state index in [0.29, 0.717) is 10.7 Å². The minimum Gasteiger partial charge on any atom is -0.207 e. The van der Waals surface area contributed by atoms with Crippen LogP contribution in [0.2, 0.25) is 0 Å². The number of benzene rings is 1. The van der Waals surface area contributed by atoms with Crippen LogP contribution in [0.25, 0.3) is 0 Å². The van der Waals surface area contributed by atoms with E-state index >= 15 is 0 Å². The standard InChI is InChI=1S/C12H16BrF/c1-7(2)12(13)10-5-9(4)11(14)6-8(10)3/h5-7,12H,1-4H3. The van der Waals surface area contributed by atoms with Gasteiger partial charge in [0.15, 0.2) is 0 Å². The first kappa shape index (κ1) is 11.7. The van der Waals surface area contributed by atoms with Gasteiger partial charge in [0.25, 0.3) is 0 Å². The van der Waals surface area contributed by atoms with Gasteiger partial charge in [-0.2, -0.15) is 0 Å². The zero-order chi connectivity index (χ0) is 10.9. The number of rotatable bonds is 2. The summed E-state index contributed by atoms with van der Waals surface area (Å²) < 4.78 is 13.2. The lowest BCUT2D eigenvalue weighted by Gasteiger charge is -2.17. The monoisotopic (exact) mass is 258 g/mol. The van der Waals surface area contributed by atoms with E-state index in [1.165, 1.54) is 5.56 Å². The Hall–Kier alpha value is -0.370. The van der Waals surface area contributed by atoms with Crippen molar-refractivity contribution in [3.63, 3.8) is 0 Å². The molecule has 0 heterocycles. The molecule has 1 aromatic carbocycles. The highest BCUT2D eigenvalue weighted by Gasteiger charge is 2.15. The molecule has 0 nitrogen and oxygen atoms in total.